The van der Waals surface area contributed by atoms with E-state index in [0.29, 0.717) is 6.54 Å². The zero-order chi connectivity index (χ0) is 14.5. The molecule has 0 saturated carbocycles. The number of benzene rings is 1. The first-order chi connectivity index (χ1) is 9.65. The van der Waals surface area contributed by atoms with Gasteiger partial charge in [0.05, 0.1) is 20.3 Å². The summed E-state index contributed by atoms with van der Waals surface area (Å²) in [5.74, 6) is 1.63. The Morgan fingerprint density at radius 2 is 2.14 bits per heavy atom. The van der Waals surface area contributed by atoms with Gasteiger partial charge in [0.2, 0.25) is 5.91 Å². The van der Waals surface area contributed by atoms with E-state index in [-0.39, 0.29) is 24.4 Å². The predicted molar refractivity (Wildman–Crippen MR) is 84.3 cm³/mol. The van der Waals surface area contributed by atoms with Crippen molar-refractivity contribution < 1.29 is 14.3 Å². The van der Waals surface area contributed by atoms with Crippen molar-refractivity contribution in [3.63, 3.8) is 0 Å². The van der Waals surface area contributed by atoms with Crippen LogP contribution in [0, 0.1) is 0 Å². The first kappa shape index (κ1) is 17.6. The summed E-state index contributed by atoms with van der Waals surface area (Å²) in [6, 6.07) is 5.61. The van der Waals surface area contributed by atoms with E-state index in [2.05, 4.69) is 5.32 Å². The SMILES string of the molecule is COc1ccc(CN(C)C(=O)C2CCCN2)c(OC)c1.Cl. The maximum Gasteiger partial charge on any atom is 0.239 e. The lowest BCUT2D eigenvalue weighted by molar-refractivity contribution is -0.132. The fourth-order valence-corrected chi connectivity index (χ4v) is 2.48. The van der Waals surface area contributed by atoms with Crippen LogP contribution in [0.4, 0.5) is 0 Å². The molecule has 1 fully saturated rings. The van der Waals surface area contributed by atoms with Crippen LogP contribution in [0.15, 0.2) is 18.2 Å². The molecule has 1 unspecified atom stereocenters. The van der Waals surface area contributed by atoms with E-state index >= 15 is 0 Å². The lowest BCUT2D eigenvalue weighted by Crippen LogP contribution is -2.41. The third-order valence-corrected chi connectivity index (χ3v) is 3.64. The van der Waals surface area contributed by atoms with Crippen molar-refractivity contribution in [2.24, 2.45) is 0 Å². The van der Waals surface area contributed by atoms with Crippen LogP contribution in [0.5, 0.6) is 11.5 Å². The number of ether oxygens (including phenoxy) is 2. The van der Waals surface area contributed by atoms with Gasteiger partial charge in [0, 0.05) is 25.2 Å². The van der Waals surface area contributed by atoms with E-state index < -0.39 is 0 Å². The molecule has 0 bridgehead atoms. The molecule has 1 aliphatic heterocycles. The minimum Gasteiger partial charge on any atom is -0.497 e. The molecule has 2 rings (SSSR count). The number of amides is 1. The van der Waals surface area contributed by atoms with Crippen LogP contribution in [0.1, 0.15) is 18.4 Å². The zero-order valence-electron chi connectivity index (χ0n) is 12.7. The van der Waals surface area contributed by atoms with Gasteiger partial charge in [0.15, 0.2) is 0 Å². The highest BCUT2D eigenvalue weighted by Gasteiger charge is 2.25. The van der Waals surface area contributed by atoms with Gasteiger partial charge >= 0.3 is 0 Å². The van der Waals surface area contributed by atoms with Gasteiger partial charge in [-0.05, 0) is 31.5 Å². The molecule has 0 aliphatic carbocycles. The number of nitrogens with one attached hydrogen (secondary N) is 1. The van der Waals surface area contributed by atoms with Gasteiger partial charge < -0.3 is 19.7 Å². The molecule has 1 amide bonds. The van der Waals surface area contributed by atoms with Gasteiger partial charge in [-0.15, -0.1) is 12.4 Å². The molecular formula is C15H23ClN2O3. The fraction of sp³-hybridized carbons (Fsp3) is 0.533. The van der Waals surface area contributed by atoms with Gasteiger partial charge in [0.25, 0.3) is 0 Å². The largest absolute Gasteiger partial charge is 0.497 e. The van der Waals surface area contributed by atoms with Gasteiger partial charge in [-0.2, -0.15) is 0 Å². The van der Waals surface area contributed by atoms with E-state index in [0.717, 1.165) is 36.4 Å². The summed E-state index contributed by atoms with van der Waals surface area (Å²) in [5, 5.41) is 3.23. The molecule has 1 N–H and O–H groups in total. The van der Waals surface area contributed by atoms with E-state index in [1.807, 2.05) is 25.2 Å². The summed E-state index contributed by atoms with van der Waals surface area (Å²) >= 11 is 0. The summed E-state index contributed by atoms with van der Waals surface area (Å²) in [4.78, 5) is 14.0. The topological polar surface area (TPSA) is 50.8 Å². The molecule has 0 aromatic heterocycles. The van der Waals surface area contributed by atoms with E-state index in [4.69, 9.17) is 9.47 Å². The normalized spacial score (nSPS) is 17.0. The smallest absolute Gasteiger partial charge is 0.239 e. The zero-order valence-corrected chi connectivity index (χ0v) is 13.5. The van der Waals surface area contributed by atoms with E-state index in [1.54, 1.807) is 19.1 Å². The molecule has 1 aromatic rings. The maximum atomic E-state index is 12.3. The van der Waals surface area contributed by atoms with Crippen molar-refractivity contribution in [2.75, 3.05) is 27.8 Å². The van der Waals surface area contributed by atoms with Crippen LogP contribution >= 0.6 is 12.4 Å². The average molecular weight is 315 g/mol. The Balaban J connectivity index is 0.00000220. The van der Waals surface area contributed by atoms with E-state index in [9.17, 15) is 4.79 Å². The minimum absolute atomic E-state index is 0. The average Bonchev–Trinajstić information content (AvgIpc) is 3.00. The molecule has 1 saturated heterocycles. The predicted octanol–water partition coefficient (Wildman–Crippen LogP) is 1.84. The lowest BCUT2D eigenvalue weighted by atomic mass is 10.1. The lowest BCUT2D eigenvalue weighted by Gasteiger charge is -2.22. The molecule has 1 aromatic carbocycles. The Morgan fingerprint density at radius 1 is 1.38 bits per heavy atom. The third-order valence-electron chi connectivity index (χ3n) is 3.64. The minimum atomic E-state index is -0.0377. The molecule has 0 radical (unpaired) electrons. The number of hydrogen-bond donors (Lipinski definition) is 1. The Bertz CT molecular complexity index is 476. The number of halogens is 1. The van der Waals surface area contributed by atoms with Gasteiger partial charge in [-0.25, -0.2) is 0 Å². The number of carbonyl (C=O) groups is 1. The van der Waals surface area contributed by atoms with Crippen LogP contribution in [-0.4, -0.2) is 44.7 Å². The highest BCUT2D eigenvalue weighted by atomic mass is 35.5. The molecule has 1 aliphatic rings. The Morgan fingerprint density at radius 3 is 2.71 bits per heavy atom. The molecular weight excluding hydrogens is 292 g/mol. The highest BCUT2D eigenvalue weighted by Crippen LogP contribution is 2.25. The summed E-state index contributed by atoms with van der Waals surface area (Å²) < 4.78 is 10.5. The standard InChI is InChI=1S/C15H22N2O3.ClH/c1-17(15(18)13-5-4-8-16-13)10-11-6-7-12(19-2)9-14(11)20-3;/h6-7,9,13,16H,4-5,8,10H2,1-3H3;1H. The molecule has 1 heterocycles. The summed E-state index contributed by atoms with van der Waals surface area (Å²) in [6.45, 7) is 1.46. The van der Waals surface area contributed by atoms with Crippen LogP contribution in [-0.2, 0) is 11.3 Å². The number of likely N-dealkylation sites (N-methyl/N-ethyl adjacent to an activating group) is 1. The number of hydrogen-bond acceptors (Lipinski definition) is 4. The molecule has 0 spiro atoms. The molecule has 6 heteroatoms. The van der Waals surface area contributed by atoms with Crippen LogP contribution in [0.2, 0.25) is 0 Å². The van der Waals surface area contributed by atoms with Gasteiger partial charge in [-0.3, -0.25) is 4.79 Å². The van der Waals surface area contributed by atoms with Crippen LogP contribution in [0.25, 0.3) is 0 Å². The number of nitrogens with zero attached hydrogens (tertiary/aromatic N) is 1. The van der Waals surface area contributed by atoms with Crippen molar-refractivity contribution in [3.05, 3.63) is 23.8 Å². The van der Waals surface area contributed by atoms with Crippen LogP contribution < -0.4 is 14.8 Å². The van der Waals surface area contributed by atoms with Crippen molar-refractivity contribution in [2.45, 2.75) is 25.4 Å². The quantitative estimate of drug-likeness (QED) is 0.901. The Kier molecular flexibility index (Phi) is 6.78. The third kappa shape index (κ3) is 4.25. The maximum absolute atomic E-state index is 12.3. The van der Waals surface area contributed by atoms with Crippen molar-refractivity contribution in [1.29, 1.82) is 0 Å². The second-order valence-electron chi connectivity index (χ2n) is 5.02. The molecule has 5 nitrogen and oxygen atoms in total. The van der Waals surface area contributed by atoms with Crippen LogP contribution in [0.3, 0.4) is 0 Å². The molecule has 1 atom stereocenters. The van der Waals surface area contributed by atoms with Crippen molar-refractivity contribution in [1.82, 2.24) is 10.2 Å². The van der Waals surface area contributed by atoms with Crippen molar-refractivity contribution in [3.8, 4) is 11.5 Å². The number of carbonyl (C=O) groups excluding carboxylic acids is 1. The number of methoxy groups -OCH3 is 2. The highest BCUT2D eigenvalue weighted by molar-refractivity contribution is 5.85. The summed E-state index contributed by atoms with van der Waals surface area (Å²) in [6.07, 6.45) is 1.99. The summed E-state index contributed by atoms with van der Waals surface area (Å²) in [5.41, 5.74) is 0.974. The first-order valence-corrected chi connectivity index (χ1v) is 6.85. The monoisotopic (exact) mass is 314 g/mol. The second-order valence-corrected chi connectivity index (χ2v) is 5.02. The van der Waals surface area contributed by atoms with Crippen molar-refractivity contribution >= 4 is 18.3 Å². The number of rotatable bonds is 5. The van der Waals surface area contributed by atoms with E-state index in [1.165, 1.54) is 0 Å². The molecule has 118 valence electrons. The fourth-order valence-electron chi connectivity index (χ4n) is 2.48. The summed E-state index contributed by atoms with van der Waals surface area (Å²) in [7, 11) is 5.07. The Labute approximate surface area is 132 Å². The van der Waals surface area contributed by atoms with Gasteiger partial charge in [-0.1, -0.05) is 0 Å². The molecule has 21 heavy (non-hydrogen) atoms. The van der Waals surface area contributed by atoms with Gasteiger partial charge in [0.1, 0.15) is 11.5 Å². The first-order valence-electron chi connectivity index (χ1n) is 6.85. The second kappa shape index (κ2) is 8.10. The Hall–Kier alpha value is -1.46.